The van der Waals surface area contributed by atoms with Gasteiger partial charge in [-0.05, 0) is 37.6 Å². The van der Waals surface area contributed by atoms with Crippen LogP contribution in [0.4, 0.5) is 11.4 Å². The maximum absolute atomic E-state index is 12.5. The minimum Gasteiger partial charge on any atom is -0.326 e. The van der Waals surface area contributed by atoms with Gasteiger partial charge in [0.05, 0.1) is 23.5 Å². The number of amides is 2. The minimum absolute atomic E-state index is 0.129. The molecule has 3 N–H and O–H groups in total. The van der Waals surface area contributed by atoms with E-state index < -0.39 is 0 Å². The second-order valence-electron chi connectivity index (χ2n) is 6.05. The quantitative estimate of drug-likeness (QED) is 0.660. The molecule has 1 aromatic heterocycles. The number of aromatic amines is 1. The number of carbonyl (C=O) groups excluding carboxylic acids is 2. The Labute approximate surface area is 151 Å². The number of anilines is 2. The molecule has 0 aliphatic heterocycles. The van der Waals surface area contributed by atoms with Crippen molar-refractivity contribution in [2.45, 2.75) is 20.3 Å². The lowest BCUT2D eigenvalue weighted by Gasteiger charge is -2.09. The second kappa shape index (κ2) is 7.65. The molecule has 0 bridgehead atoms. The summed E-state index contributed by atoms with van der Waals surface area (Å²) in [5.74, 6) is -0.382. The summed E-state index contributed by atoms with van der Waals surface area (Å²) < 4.78 is 0. The summed E-state index contributed by atoms with van der Waals surface area (Å²) in [5.41, 5.74) is 4.17. The fourth-order valence-corrected chi connectivity index (χ4v) is 2.65. The van der Waals surface area contributed by atoms with Gasteiger partial charge in [-0.2, -0.15) is 5.10 Å². The molecule has 132 valence electrons. The van der Waals surface area contributed by atoms with Crippen molar-refractivity contribution in [3.05, 3.63) is 77.1 Å². The Morgan fingerprint density at radius 1 is 1.00 bits per heavy atom. The molecule has 6 nitrogen and oxygen atoms in total. The number of H-pyrrole nitrogens is 1. The van der Waals surface area contributed by atoms with Gasteiger partial charge in [0, 0.05) is 11.3 Å². The normalized spacial score (nSPS) is 10.4. The van der Waals surface area contributed by atoms with Gasteiger partial charge in [-0.15, -0.1) is 0 Å². The monoisotopic (exact) mass is 348 g/mol. The lowest BCUT2D eigenvalue weighted by Crippen LogP contribution is -2.16. The van der Waals surface area contributed by atoms with Crippen LogP contribution in [-0.2, 0) is 11.2 Å². The van der Waals surface area contributed by atoms with E-state index >= 15 is 0 Å². The van der Waals surface area contributed by atoms with E-state index in [4.69, 9.17) is 0 Å². The van der Waals surface area contributed by atoms with Gasteiger partial charge in [0.15, 0.2) is 0 Å². The maximum atomic E-state index is 12.5. The van der Waals surface area contributed by atoms with Crippen LogP contribution >= 0.6 is 0 Å². The summed E-state index contributed by atoms with van der Waals surface area (Å²) in [5, 5.41) is 12.6. The Hall–Kier alpha value is -3.41. The maximum Gasteiger partial charge on any atom is 0.255 e. The zero-order chi connectivity index (χ0) is 18.5. The molecule has 2 aromatic carbocycles. The Kier molecular flexibility index (Phi) is 5.12. The lowest BCUT2D eigenvalue weighted by molar-refractivity contribution is -0.115. The van der Waals surface area contributed by atoms with E-state index in [0.717, 1.165) is 17.0 Å². The highest BCUT2D eigenvalue weighted by Crippen LogP contribution is 2.18. The molecule has 0 saturated carbocycles. The highest BCUT2D eigenvalue weighted by atomic mass is 16.2. The number of hydrogen-bond acceptors (Lipinski definition) is 3. The molecule has 0 unspecified atom stereocenters. The van der Waals surface area contributed by atoms with Crippen molar-refractivity contribution in [3.8, 4) is 0 Å². The van der Waals surface area contributed by atoms with Gasteiger partial charge in [-0.1, -0.05) is 36.4 Å². The molecule has 0 aliphatic rings. The molecule has 0 spiro atoms. The first kappa shape index (κ1) is 17.4. The first-order chi connectivity index (χ1) is 12.5. The highest BCUT2D eigenvalue weighted by Gasteiger charge is 2.13. The highest BCUT2D eigenvalue weighted by molar-refractivity contribution is 6.06. The van der Waals surface area contributed by atoms with Crippen LogP contribution < -0.4 is 10.6 Å². The molecule has 1 heterocycles. The summed E-state index contributed by atoms with van der Waals surface area (Å²) in [7, 11) is 0. The summed E-state index contributed by atoms with van der Waals surface area (Å²) in [6, 6.07) is 16.4. The fourth-order valence-electron chi connectivity index (χ4n) is 2.65. The van der Waals surface area contributed by atoms with Crippen molar-refractivity contribution >= 4 is 23.2 Å². The number of rotatable bonds is 5. The van der Waals surface area contributed by atoms with E-state index in [2.05, 4.69) is 20.8 Å². The second-order valence-corrected chi connectivity index (χ2v) is 6.05. The molecule has 2 amide bonds. The number of carbonyl (C=O) groups is 2. The first-order valence-corrected chi connectivity index (χ1v) is 8.29. The fraction of sp³-hybridized carbons (Fsp3) is 0.150. The zero-order valence-electron chi connectivity index (χ0n) is 14.7. The third-order valence-electron chi connectivity index (χ3n) is 3.98. The van der Waals surface area contributed by atoms with Gasteiger partial charge in [0.2, 0.25) is 5.91 Å². The first-order valence-electron chi connectivity index (χ1n) is 8.29. The molecule has 3 aromatic rings. The number of hydrogen-bond donors (Lipinski definition) is 3. The predicted molar refractivity (Wildman–Crippen MR) is 101 cm³/mol. The van der Waals surface area contributed by atoms with Crippen molar-refractivity contribution in [2.24, 2.45) is 0 Å². The minimum atomic E-state index is -0.253. The zero-order valence-corrected chi connectivity index (χ0v) is 14.7. The summed E-state index contributed by atoms with van der Waals surface area (Å²) >= 11 is 0. The van der Waals surface area contributed by atoms with Crippen LogP contribution in [0.3, 0.4) is 0 Å². The Balaban J connectivity index is 1.68. The number of benzene rings is 2. The Morgan fingerprint density at radius 3 is 2.46 bits per heavy atom. The van der Waals surface area contributed by atoms with Gasteiger partial charge in [-0.25, -0.2) is 0 Å². The van der Waals surface area contributed by atoms with Gasteiger partial charge < -0.3 is 10.6 Å². The summed E-state index contributed by atoms with van der Waals surface area (Å²) in [4.78, 5) is 24.7. The smallest absolute Gasteiger partial charge is 0.255 e. The predicted octanol–water partition coefficient (Wildman–Crippen LogP) is 3.46. The average Bonchev–Trinajstić information content (AvgIpc) is 2.94. The van der Waals surface area contributed by atoms with Crippen LogP contribution in [0, 0.1) is 13.8 Å². The molecular weight excluding hydrogens is 328 g/mol. The third kappa shape index (κ3) is 4.16. The topological polar surface area (TPSA) is 86.9 Å². The molecule has 3 rings (SSSR count). The standard InChI is InChI=1S/C20H20N4O2/c1-13-19(14(2)24-23-13)22-20(26)16-9-6-10-17(12-16)21-18(25)11-15-7-4-3-5-8-15/h3-10,12H,11H2,1-2H3,(H,21,25)(H,22,26)(H,23,24). The van der Waals surface area contributed by atoms with Crippen LogP contribution in [0.5, 0.6) is 0 Å². The largest absolute Gasteiger partial charge is 0.326 e. The van der Waals surface area contributed by atoms with E-state index in [-0.39, 0.29) is 18.2 Å². The van der Waals surface area contributed by atoms with Gasteiger partial charge >= 0.3 is 0 Å². The molecule has 0 aliphatic carbocycles. The molecular formula is C20H20N4O2. The number of nitrogens with zero attached hydrogens (tertiary/aromatic N) is 1. The van der Waals surface area contributed by atoms with E-state index in [0.29, 0.717) is 16.9 Å². The van der Waals surface area contributed by atoms with E-state index in [9.17, 15) is 9.59 Å². The van der Waals surface area contributed by atoms with Crippen molar-refractivity contribution in [3.63, 3.8) is 0 Å². The van der Waals surface area contributed by atoms with Gasteiger partial charge in [0.1, 0.15) is 0 Å². The van der Waals surface area contributed by atoms with Crippen LogP contribution in [0.15, 0.2) is 54.6 Å². The van der Waals surface area contributed by atoms with E-state index in [1.165, 1.54) is 0 Å². The number of aromatic nitrogens is 2. The van der Waals surface area contributed by atoms with Crippen molar-refractivity contribution < 1.29 is 9.59 Å². The molecule has 0 saturated heterocycles. The van der Waals surface area contributed by atoms with Gasteiger partial charge in [0.25, 0.3) is 5.91 Å². The number of aryl methyl sites for hydroxylation is 2. The molecule has 0 atom stereocenters. The van der Waals surface area contributed by atoms with Gasteiger partial charge in [-0.3, -0.25) is 14.7 Å². The van der Waals surface area contributed by atoms with Crippen LogP contribution in [0.2, 0.25) is 0 Å². The molecule has 26 heavy (non-hydrogen) atoms. The molecule has 0 radical (unpaired) electrons. The van der Waals surface area contributed by atoms with Crippen molar-refractivity contribution in [1.29, 1.82) is 0 Å². The third-order valence-corrected chi connectivity index (χ3v) is 3.98. The van der Waals surface area contributed by atoms with Crippen LogP contribution in [-0.4, -0.2) is 22.0 Å². The van der Waals surface area contributed by atoms with Crippen molar-refractivity contribution in [2.75, 3.05) is 10.6 Å². The number of nitrogens with one attached hydrogen (secondary N) is 3. The Morgan fingerprint density at radius 2 is 1.77 bits per heavy atom. The SMILES string of the molecule is Cc1n[nH]c(C)c1NC(=O)c1cccc(NC(=O)Cc2ccccc2)c1. The van der Waals surface area contributed by atoms with E-state index in [1.54, 1.807) is 24.3 Å². The average molecular weight is 348 g/mol. The van der Waals surface area contributed by atoms with E-state index in [1.807, 2.05) is 44.2 Å². The lowest BCUT2D eigenvalue weighted by atomic mass is 10.1. The van der Waals surface area contributed by atoms with Crippen LogP contribution in [0.1, 0.15) is 27.3 Å². The van der Waals surface area contributed by atoms with Crippen molar-refractivity contribution in [1.82, 2.24) is 10.2 Å². The summed E-state index contributed by atoms with van der Waals surface area (Å²) in [6.45, 7) is 3.66. The van der Waals surface area contributed by atoms with Crippen LogP contribution in [0.25, 0.3) is 0 Å². The Bertz CT molecular complexity index is 912. The summed E-state index contributed by atoms with van der Waals surface area (Å²) in [6.07, 6.45) is 0.282. The molecule has 6 heteroatoms. The molecule has 0 fully saturated rings.